The molecule has 0 spiro atoms. The minimum absolute atomic E-state index is 0.248. The highest BCUT2D eigenvalue weighted by Crippen LogP contribution is 1.80. The van der Waals surface area contributed by atoms with Crippen LogP contribution in [-0.2, 0) is 0 Å². The van der Waals surface area contributed by atoms with E-state index in [4.69, 9.17) is 5.73 Å². The Labute approximate surface area is 57.1 Å². The Morgan fingerprint density at radius 1 is 1.60 bits per heavy atom. The maximum atomic E-state index is 10.4. The molecule has 4 heteroatoms. The molecule has 0 aliphatic heterocycles. The molecule has 4 nitrogen and oxygen atoms in total. The van der Waals surface area contributed by atoms with Crippen LogP contribution in [0.25, 0.3) is 0 Å². The molecule has 10 heavy (non-hydrogen) atoms. The first kappa shape index (κ1) is 6.36. The number of aromatic nitrogens is 2. The van der Waals surface area contributed by atoms with E-state index < -0.39 is 0 Å². The topological polar surface area (TPSA) is 71.8 Å². The fraction of sp³-hybridized carbons (Fsp3) is 0. The lowest BCUT2D eigenvalue weighted by molar-refractivity contribution is 0.974. The van der Waals surface area contributed by atoms with Crippen LogP contribution in [0.4, 0.5) is 0 Å². The van der Waals surface area contributed by atoms with Gasteiger partial charge in [-0.25, -0.2) is 5.10 Å². The number of nitrogens with zero attached hydrogens (tertiary/aromatic N) is 1. The van der Waals surface area contributed by atoms with Crippen LogP contribution in [0.15, 0.2) is 16.9 Å². The van der Waals surface area contributed by atoms with Gasteiger partial charge in [-0.05, 0) is 12.0 Å². The molecule has 0 atom stereocenters. The number of hydrogen-bond donors (Lipinski definition) is 2. The first-order valence-corrected chi connectivity index (χ1v) is 2.60. The number of rotatable bonds is 0. The number of nitrogens with two attached hydrogens (primary N) is 1. The zero-order valence-corrected chi connectivity index (χ0v) is 5.09. The minimum Gasteiger partial charge on any atom is -0.359 e. The molecule has 1 aromatic rings. The first-order valence-electron chi connectivity index (χ1n) is 2.60. The van der Waals surface area contributed by atoms with Crippen molar-refractivity contribution < 1.29 is 0 Å². The molecule has 3 N–H and O–H groups in total. The van der Waals surface area contributed by atoms with Gasteiger partial charge in [0.2, 0.25) is 0 Å². The molecule has 0 aliphatic rings. The zero-order chi connectivity index (χ0) is 7.40. The second-order valence-electron chi connectivity index (χ2n) is 1.58. The third-order valence-electron chi connectivity index (χ3n) is 0.879. The lowest BCUT2D eigenvalue weighted by Gasteiger charge is -1.83. The molecule has 0 saturated carbocycles. The Hall–Kier alpha value is -1.76. The summed E-state index contributed by atoms with van der Waals surface area (Å²) in [6.45, 7) is 0. The highest BCUT2D eigenvalue weighted by atomic mass is 16.1. The van der Waals surface area contributed by atoms with E-state index in [2.05, 4.69) is 22.2 Å². The normalized spacial score (nSPS) is 8.00. The molecule has 0 aromatic carbocycles. The van der Waals surface area contributed by atoms with Gasteiger partial charge in [0.05, 0.1) is 0 Å². The minimum atomic E-state index is -0.248. The molecule has 0 amide bonds. The van der Waals surface area contributed by atoms with E-state index >= 15 is 0 Å². The molecule has 1 rings (SSSR count). The predicted molar refractivity (Wildman–Crippen MR) is 35.9 cm³/mol. The average molecular weight is 135 g/mol. The molecule has 0 saturated heterocycles. The Balaban J connectivity index is 3.08. The summed E-state index contributed by atoms with van der Waals surface area (Å²) in [4.78, 5) is 10.4. The summed E-state index contributed by atoms with van der Waals surface area (Å²) in [7, 11) is 0. The molecule has 1 aromatic heterocycles. The lowest BCUT2D eigenvalue weighted by atomic mass is 10.4. The van der Waals surface area contributed by atoms with Gasteiger partial charge in [-0.2, -0.15) is 5.10 Å². The van der Waals surface area contributed by atoms with E-state index in [1.807, 2.05) is 0 Å². The number of hydrogen-bond acceptors (Lipinski definition) is 3. The van der Waals surface area contributed by atoms with E-state index in [0.717, 1.165) is 0 Å². The number of aromatic amines is 1. The maximum Gasteiger partial charge on any atom is 0.264 e. The zero-order valence-electron chi connectivity index (χ0n) is 5.09. The van der Waals surface area contributed by atoms with Crippen molar-refractivity contribution in [2.75, 3.05) is 0 Å². The van der Waals surface area contributed by atoms with Crippen molar-refractivity contribution in [1.82, 2.24) is 10.2 Å². The molecule has 0 radical (unpaired) electrons. The van der Waals surface area contributed by atoms with E-state index in [1.165, 1.54) is 12.1 Å². The van der Waals surface area contributed by atoms with Crippen molar-refractivity contribution in [2.24, 2.45) is 5.73 Å². The predicted octanol–water partition coefficient (Wildman–Crippen LogP) is -0.962. The molecule has 0 unspecified atom stereocenters. The lowest BCUT2D eigenvalue weighted by Crippen LogP contribution is -2.05. The standard InChI is InChI=1S/C6H5N3O/c7-4-3-5-1-2-6(10)9-8-5/h1-2H,7H2,(H,9,10). The van der Waals surface area contributed by atoms with Crippen LogP contribution in [0.3, 0.4) is 0 Å². The van der Waals surface area contributed by atoms with E-state index in [-0.39, 0.29) is 5.56 Å². The van der Waals surface area contributed by atoms with Gasteiger partial charge in [0.15, 0.2) is 0 Å². The van der Waals surface area contributed by atoms with Gasteiger partial charge >= 0.3 is 0 Å². The van der Waals surface area contributed by atoms with Gasteiger partial charge in [-0.3, -0.25) is 4.79 Å². The quantitative estimate of drug-likeness (QED) is 0.355. The van der Waals surface area contributed by atoms with Crippen molar-refractivity contribution in [3.8, 4) is 12.0 Å². The van der Waals surface area contributed by atoms with Crippen LogP contribution in [0.5, 0.6) is 0 Å². The summed E-state index contributed by atoms with van der Waals surface area (Å²) in [5, 5.41) is 5.80. The Bertz CT molecular complexity index is 310. The van der Waals surface area contributed by atoms with Crippen LogP contribution in [0.1, 0.15) is 5.69 Å². The highest BCUT2D eigenvalue weighted by molar-refractivity contribution is 5.23. The van der Waals surface area contributed by atoms with Gasteiger partial charge in [0.25, 0.3) is 5.56 Å². The van der Waals surface area contributed by atoms with Gasteiger partial charge in [-0.15, -0.1) is 0 Å². The van der Waals surface area contributed by atoms with Gasteiger partial charge < -0.3 is 5.73 Å². The summed E-state index contributed by atoms with van der Waals surface area (Å²) < 4.78 is 0. The van der Waals surface area contributed by atoms with Gasteiger partial charge in [-0.1, -0.05) is 0 Å². The summed E-state index contributed by atoms with van der Waals surface area (Å²) in [6.07, 6.45) is 0. The molecular weight excluding hydrogens is 130 g/mol. The third kappa shape index (κ3) is 1.36. The molecule has 0 bridgehead atoms. The summed E-state index contributed by atoms with van der Waals surface area (Å²) in [5.41, 5.74) is 5.12. The second kappa shape index (κ2) is 2.69. The number of H-pyrrole nitrogens is 1. The molecular formula is C6H5N3O. The Morgan fingerprint density at radius 2 is 2.40 bits per heavy atom. The van der Waals surface area contributed by atoms with Gasteiger partial charge in [0, 0.05) is 12.1 Å². The SMILES string of the molecule is NC#Cc1ccc(=O)[nH]n1. The van der Waals surface area contributed by atoms with Crippen LogP contribution in [0.2, 0.25) is 0 Å². The van der Waals surface area contributed by atoms with Crippen LogP contribution < -0.4 is 11.3 Å². The molecule has 0 aliphatic carbocycles. The van der Waals surface area contributed by atoms with Crippen molar-refractivity contribution in [1.29, 1.82) is 0 Å². The number of nitrogens with one attached hydrogen (secondary N) is 1. The second-order valence-corrected chi connectivity index (χ2v) is 1.58. The van der Waals surface area contributed by atoms with Gasteiger partial charge in [0.1, 0.15) is 5.69 Å². The maximum absolute atomic E-state index is 10.4. The summed E-state index contributed by atoms with van der Waals surface area (Å²) in [5.74, 6) is 2.48. The molecule has 0 fully saturated rings. The van der Waals surface area contributed by atoms with Crippen LogP contribution in [0, 0.1) is 12.0 Å². The first-order chi connectivity index (χ1) is 4.83. The van der Waals surface area contributed by atoms with Crippen molar-refractivity contribution in [3.63, 3.8) is 0 Å². The third-order valence-corrected chi connectivity index (χ3v) is 0.879. The fourth-order valence-corrected chi connectivity index (χ4v) is 0.488. The van der Waals surface area contributed by atoms with E-state index in [9.17, 15) is 4.79 Å². The van der Waals surface area contributed by atoms with Crippen molar-refractivity contribution in [3.05, 3.63) is 28.2 Å². The van der Waals surface area contributed by atoms with Crippen molar-refractivity contribution in [2.45, 2.75) is 0 Å². The Morgan fingerprint density at radius 3 is 2.90 bits per heavy atom. The summed E-state index contributed by atoms with van der Waals surface area (Å²) in [6, 6.07) is 5.01. The monoisotopic (exact) mass is 135 g/mol. The smallest absolute Gasteiger partial charge is 0.264 e. The van der Waals surface area contributed by atoms with Crippen LogP contribution in [-0.4, -0.2) is 10.2 Å². The fourth-order valence-electron chi connectivity index (χ4n) is 0.488. The van der Waals surface area contributed by atoms with E-state index in [0.29, 0.717) is 5.69 Å². The molecule has 1 heterocycles. The van der Waals surface area contributed by atoms with E-state index in [1.54, 1.807) is 0 Å². The Kier molecular flexibility index (Phi) is 1.71. The van der Waals surface area contributed by atoms with Crippen molar-refractivity contribution >= 4 is 0 Å². The van der Waals surface area contributed by atoms with Crippen LogP contribution >= 0.6 is 0 Å². The highest BCUT2D eigenvalue weighted by Gasteiger charge is 1.85. The molecule has 50 valence electrons. The largest absolute Gasteiger partial charge is 0.359 e. The average Bonchev–Trinajstić information content (AvgIpc) is 1.95. The summed E-state index contributed by atoms with van der Waals surface area (Å²) >= 11 is 0.